The molecule has 0 bridgehead atoms. The molecule has 0 saturated heterocycles. The highest BCUT2D eigenvalue weighted by molar-refractivity contribution is 7.13. The van der Waals surface area contributed by atoms with E-state index in [2.05, 4.69) is 20.7 Å². The fourth-order valence-electron chi connectivity index (χ4n) is 1.96. The van der Waals surface area contributed by atoms with E-state index in [4.69, 9.17) is 4.84 Å². The number of anilines is 1. The lowest BCUT2D eigenvalue weighted by molar-refractivity contribution is -0.135. The topological polar surface area (TPSA) is 76.5 Å². The molecule has 1 atom stereocenters. The number of benzene rings is 1. The smallest absolute Gasteiger partial charge is 0.273 e. The molecule has 0 aliphatic carbocycles. The zero-order valence-electron chi connectivity index (χ0n) is 11.0. The third-order valence-corrected chi connectivity index (χ3v) is 3.71. The summed E-state index contributed by atoms with van der Waals surface area (Å²) in [5.41, 5.74) is 1.06. The molecule has 1 aromatic carbocycles. The Hall–Kier alpha value is -2.35. The molecular formula is C13H11FN4O2S. The van der Waals surface area contributed by atoms with Crippen LogP contribution in [0.4, 0.5) is 9.52 Å². The second-order valence-corrected chi connectivity index (χ2v) is 5.55. The summed E-state index contributed by atoms with van der Waals surface area (Å²) in [5.74, 6) is -0.789. The number of nitrogens with zero attached hydrogens (tertiary/aromatic N) is 3. The van der Waals surface area contributed by atoms with Crippen LogP contribution in [0, 0.1) is 5.82 Å². The van der Waals surface area contributed by atoms with E-state index >= 15 is 0 Å². The van der Waals surface area contributed by atoms with E-state index in [-0.39, 0.29) is 6.42 Å². The number of amides is 1. The third-order valence-electron chi connectivity index (χ3n) is 3.11. The van der Waals surface area contributed by atoms with Gasteiger partial charge in [-0.25, -0.2) is 4.39 Å². The van der Waals surface area contributed by atoms with E-state index in [0.29, 0.717) is 16.4 Å². The Balaban J connectivity index is 1.75. The summed E-state index contributed by atoms with van der Waals surface area (Å²) in [4.78, 5) is 17.5. The summed E-state index contributed by atoms with van der Waals surface area (Å²) in [6, 6.07) is 6.25. The first-order valence-corrected chi connectivity index (χ1v) is 7.04. The van der Waals surface area contributed by atoms with Gasteiger partial charge in [0.25, 0.3) is 5.91 Å². The Labute approximate surface area is 123 Å². The number of rotatable bonds is 3. The van der Waals surface area contributed by atoms with E-state index in [1.165, 1.54) is 22.9 Å². The fourth-order valence-corrected chi connectivity index (χ4v) is 2.40. The van der Waals surface area contributed by atoms with E-state index in [0.717, 1.165) is 0 Å². The highest BCUT2D eigenvalue weighted by Gasteiger charge is 2.43. The molecule has 108 valence electrons. The Bertz CT molecular complexity index is 704. The van der Waals surface area contributed by atoms with Crippen molar-refractivity contribution in [2.75, 3.05) is 5.32 Å². The third kappa shape index (κ3) is 2.62. The maximum atomic E-state index is 13.7. The molecule has 3 rings (SSSR count). The Kier molecular flexibility index (Phi) is 3.38. The van der Waals surface area contributed by atoms with Gasteiger partial charge < -0.3 is 4.84 Å². The number of nitrogens with one attached hydrogen (secondary N) is 1. The quantitative estimate of drug-likeness (QED) is 0.943. The molecule has 0 radical (unpaired) electrons. The highest BCUT2D eigenvalue weighted by atomic mass is 32.1. The molecular weight excluding hydrogens is 295 g/mol. The summed E-state index contributed by atoms with van der Waals surface area (Å²) in [6.45, 7) is 1.60. The Morgan fingerprint density at radius 3 is 3.00 bits per heavy atom. The van der Waals surface area contributed by atoms with Crippen LogP contribution in [-0.4, -0.2) is 27.4 Å². The van der Waals surface area contributed by atoms with Crippen LogP contribution in [0.1, 0.15) is 18.9 Å². The number of oxime groups is 1. The Morgan fingerprint density at radius 2 is 2.29 bits per heavy atom. The van der Waals surface area contributed by atoms with Gasteiger partial charge in [-0.05, 0) is 13.0 Å². The van der Waals surface area contributed by atoms with E-state index in [1.54, 1.807) is 25.1 Å². The average molecular weight is 306 g/mol. The summed E-state index contributed by atoms with van der Waals surface area (Å²) in [5, 5.41) is 14.2. The van der Waals surface area contributed by atoms with Crippen molar-refractivity contribution < 1.29 is 14.0 Å². The molecule has 2 heterocycles. The number of aromatic nitrogens is 2. The standard InChI is InChI=1S/C13H11FN4O2S/c1-13(11(19)16-12-17-15-7-21-12)6-10(18-20-13)8-4-2-3-5-9(8)14/h2-5,7H,6H2,1H3,(H,16,17,19)/t13-/m1/s1. The first-order chi connectivity index (χ1) is 10.1. The van der Waals surface area contributed by atoms with Crippen molar-refractivity contribution in [2.24, 2.45) is 5.16 Å². The monoisotopic (exact) mass is 306 g/mol. The molecule has 1 N–H and O–H groups in total. The van der Waals surface area contributed by atoms with Gasteiger partial charge in [0.15, 0.2) is 0 Å². The Morgan fingerprint density at radius 1 is 1.48 bits per heavy atom. The molecule has 1 aliphatic heterocycles. The summed E-state index contributed by atoms with van der Waals surface area (Å²) in [7, 11) is 0. The van der Waals surface area contributed by atoms with Crippen LogP contribution in [0.3, 0.4) is 0 Å². The summed E-state index contributed by atoms with van der Waals surface area (Å²) >= 11 is 1.20. The molecule has 0 fully saturated rings. The van der Waals surface area contributed by atoms with Crippen molar-refractivity contribution in [2.45, 2.75) is 18.9 Å². The maximum Gasteiger partial charge on any atom is 0.273 e. The van der Waals surface area contributed by atoms with Gasteiger partial charge in [0, 0.05) is 12.0 Å². The van der Waals surface area contributed by atoms with Crippen LogP contribution in [0.2, 0.25) is 0 Å². The van der Waals surface area contributed by atoms with Crippen LogP contribution in [0.5, 0.6) is 0 Å². The maximum absolute atomic E-state index is 13.7. The van der Waals surface area contributed by atoms with Gasteiger partial charge in [-0.3, -0.25) is 10.1 Å². The normalized spacial score (nSPS) is 20.8. The van der Waals surface area contributed by atoms with Crippen molar-refractivity contribution in [1.82, 2.24) is 10.2 Å². The average Bonchev–Trinajstić information content (AvgIpc) is 3.10. The van der Waals surface area contributed by atoms with Gasteiger partial charge in [-0.1, -0.05) is 34.7 Å². The minimum Gasteiger partial charge on any atom is -0.379 e. The van der Waals surface area contributed by atoms with Crippen molar-refractivity contribution in [1.29, 1.82) is 0 Å². The van der Waals surface area contributed by atoms with E-state index in [9.17, 15) is 9.18 Å². The van der Waals surface area contributed by atoms with E-state index in [1.807, 2.05) is 0 Å². The van der Waals surface area contributed by atoms with Crippen molar-refractivity contribution in [3.63, 3.8) is 0 Å². The minimum absolute atomic E-state index is 0.179. The molecule has 0 unspecified atom stereocenters. The molecule has 1 aromatic heterocycles. The van der Waals surface area contributed by atoms with Gasteiger partial charge in [0.1, 0.15) is 11.3 Å². The fraction of sp³-hybridized carbons (Fsp3) is 0.231. The second-order valence-electron chi connectivity index (χ2n) is 4.71. The molecule has 1 amide bonds. The van der Waals surface area contributed by atoms with Crippen molar-refractivity contribution in [3.8, 4) is 0 Å². The molecule has 6 nitrogen and oxygen atoms in total. The van der Waals surface area contributed by atoms with Crippen LogP contribution in [0.15, 0.2) is 34.9 Å². The van der Waals surface area contributed by atoms with Gasteiger partial charge >= 0.3 is 0 Å². The van der Waals surface area contributed by atoms with Crippen LogP contribution < -0.4 is 5.32 Å². The first-order valence-electron chi connectivity index (χ1n) is 6.16. The molecule has 21 heavy (non-hydrogen) atoms. The molecule has 1 aliphatic rings. The zero-order valence-corrected chi connectivity index (χ0v) is 11.9. The lowest BCUT2D eigenvalue weighted by Crippen LogP contribution is -2.40. The number of hydrogen-bond donors (Lipinski definition) is 1. The minimum atomic E-state index is -1.19. The number of carbonyl (C=O) groups is 1. The highest BCUT2D eigenvalue weighted by Crippen LogP contribution is 2.29. The van der Waals surface area contributed by atoms with Gasteiger partial charge in [0.2, 0.25) is 10.7 Å². The van der Waals surface area contributed by atoms with Crippen LogP contribution in [0.25, 0.3) is 0 Å². The van der Waals surface area contributed by atoms with Crippen LogP contribution >= 0.6 is 11.3 Å². The molecule has 0 spiro atoms. The SMILES string of the molecule is C[C@]1(C(=O)Nc2nncs2)CC(c2ccccc2F)=NO1. The lowest BCUT2D eigenvalue weighted by atomic mass is 9.95. The zero-order chi connectivity index (χ0) is 14.9. The van der Waals surface area contributed by atoms with Crippen molar-refractivity contribution in [3.05, 3.63) is 41.2 Å². The largest absolute Gasteiger partial charge is 0.379 e. The van der Waals surface area contributed by atoms with E-state index < -0.39 is 17.3 Å². The molecule has 0 saturated carbocycles. The molecule has 8 heteroatoms. The van der Waals surface area contributed by atoms with Crippen molar-refractivity contribution >= 4 is 28.1 Å². The first kappa shape index (κ1) is 13.6. The summed E-state index contributed by atoms with van der Waals surface area (Å²) < 4.78 is 13.7. The van der Waals surface area contributed by atoms with Gasteiger partial charge in [-0.15, -0.1) is 10.2 Å². The number of hydrogen-bond acceptors (Lipinski definition) is 6. The van der Waals surface area contributed by atoms with Crippen LogP contribution in [-0.2, 0) is 9.63 Å². The predicted octanol–water partition coefficient (Wildman–Crippen LogP) is 2.20. The number of carbonyl (C=O) groups excluding carboxylic acids is 1. The molecule has 2 aromatic rings. The predicted molar refractivity (Wildman–Crippen MR) is 75.6 cm³/mol. The van der Waals surface area contributed by atoms with Gasteiger partial charge in [0.05, 0.1) is 5.71 Å². The summed E-state index contributed by atoms with van der Waals surface area (Å²) in [6.07, 6.45) is 0.179. The number of halogens is 1. The second kappa shape index (κ2) is 5.21. The lowest BCUT2D eigenvalue weighted by Gasteiger charge is -2.19. The van der Waals surface area contributed by atoms with Gasteiger partial charge in [-0.2, -0.15) is 0 Å².